The Bertz CT molecular complexity index is 1260. The average molecular weight is 478 g/mol. The summed E-state index contributed by atoms with van der Waals surface area (Å²) in [6.07, 6.45) is 0.908. The molecule has 174 valence electrons. The van der Waals surface area contributed by atoms with Gasteiger partial charge in [-0.25, -0.2) is 4.39 Å². The number of carbonyl (C=O) groups excluding carboxylic acids is 2. The molecule has 2 amide bonds. The maximum absolute atomic E-state index is 13.2. The number of aliphatic hydroxyl groups is 1. The van der Waals surface area contributed by atoms with Gasteiger partial charge < -0.3 is 20.4 Å². The SMILES string of the molecule is C[C@@H](O)CNC(=O)c1c([O-])c2ncc(Cc3ccc(F)cc3)cc2n(CC(=O)N(C)C)c1=O.[Na+]. The van der Waals surface area contributed by atoms with E-state index in [0.717, 1.165) is 10.1 Å². The number of aliphatic hydroxyl groups excluding tert-OH is 1. The molecule has 1 aromatic carbocycles. The third kappa shape index (κ3) is 6.20. The number of amides is 2. The molecule has 34 heavy (non-hydrogen) atoms. The monoisotopic (exact) mass is 478 g/mol. The number of carbonyl (C=O) groups is 2. The Balaban J connectivity index is 0.00000408. The number of hydrogen-bond acceptors (Lipinski definition) is 6. The summed E-state index contributed by atoms with van der Waals surface area (Å²) in [6.45, 7) is 0.883. The van der Waals surface area contributed by atoms with E-state index in [9.17, 15) is 29.0 Å². The summed E-state index contributed by atoms with van der Waals surface area (Å²) in [5.74, 6) is -2.60. The number of nitrogens with zero attached hydrogens (tertiary/aromatic N) is 3. The molecule has 1 atom stereocenters. The average Bonchev–Trinajstić information content (AvgIpc) is 2.76. The summed E-state index contributed by atoms with van der Waals surface area (Å²) in [5, 5.41) is 24.7. The molecule has 0 bridgehead atoms. The number of aromatic nitrogens is 2. The molecule has 3 rings (SSSR count). The Morgan fingerprint density at radius 3 is 2.47 bits per heavy atom. The number of benzene rings is 1. The van der Waals surface area contributed by atoms with Gasteiger partial charge in [0.25, 0.3) is 11.5 Å². The van der Waals surface area contributed by atoms with Crippen molar-refractivity contribution in [2.75, 3.05) is 20.6 Å². The van der Waals surface area contributed by atoms with Gasteiger partial charge in [0, 0.05) is 26.8 Å². The van der Waals surface area contributed by atoms with Gasteiger partial charge >= 0.3 is 29.6 Å². The smallest absolute Gasteiger partial charge is 0.870 e. The molecule has 0 aliphatic carbocycles. The molecule has 0 fully saturated rings. The van der Waals surface area contributed by atoms with E-state index in [-0.39, 0.29) is 53.0 Å². The topological polar surface area (TPSA) is 128 Å². The van der Waals surface area contributed by atoms with Gasteiger partial charge in [0.2, 0.25) is 5.91 Å². The molecule has 9 nitrogen and oxygen atoms in total. The van der Waals surface area contributed by atoms with Crippen LogP contribution >= 0.6 is 0 Å². The van der Waals surface area contributed by atoms with Crippen LogP contribution < -0.4 is 45.5 Å². The summed E-state index contributed by atoms with van der Waals surface area (Å²) in [7, 11) is 3.04. The molecule has 2 aromatic heterocycles. The Kier molecular flexibility index (Phi) is 9.34. The van der Waals surface area contributed by atoms with E-state index in [1.54, 1.807) is 18.2 Å². The van der Waals surface area contributed by atoms with E-state index >= 15 is 0 Å². The first-order chi connectivity index (χ1) is 15.6. The zero-order chi connectivity index (χ0) is 24.3. The Morgan fingerprint density at radius 2 is 1.88 bits per heavy atom. The molecule has 11 heteroatoms. The van der Waals surface area contributed by atoms with Crippen molar-refractivity contribution in [1.82, 2.24) is 19.8 Å². The van der Waals surface area contributed by atoms with Crippen molar-refractivity contribution in [2.24, 2.45) is 0 Å². The van der Waals surface area contributed by atoms with Crippen LogP contribution in [-0.4, -0.2) is 58.1 Å². The maximum atomic E-state index is 13.2. The Morgan fingerprint density at radius 1 is 1.24 bits per heavy atom. The summed E-state index contributed by atoms with van der Waals surface area (Å²) in [4.78, 5) is 43.6. The number of fused-ring (bicyclic) bond motifs is 1. The van der Waals surface area contributed by atoms with Gasteiger partial charge in [-0.2, -0.15) is 0 Å². The zero-order valence-corrected chi connectivity index (χ0v) is 21.5. The largest absolute Gasteiger partial charge is 1.00 e. The molecule has 0 aliphatic rings. The fraction of sp³-hybridized carbons (Fsp3) is 0.304. The molecular weight excluding hydrogens is 454 g/mol. The summed E-state index contributed by atoms with van der Waals surface area (Å²) in [6, 6.07) is 7.43. The molecular formula is C23H24FN4NaO5. The van der Waals surface area contributed by atoms with Crippen LogP contribution in [0.15, 0.2) is 41.3 Å². The van der Waals surface area contributed by atoms with Crippen LogP contribution in [0.3, 0.4) is 0 Å². The summed E-state index contributed by atoms with van der Waals surface area (Å²) >= 11 is 0. The molecule has 0 spiro atoms. The van der Waals surface area contributed by atoms with Crippen LogP contribution in [0.4, 0.5) is 4.39 Å². The van der Waals surface area contributed by atoms with Gasteiger partial charge in [0.1, 0.15) is 12.4 Å². The van der Waals surface area contributed by atoms with Crippen molar-refractivity contribution in [3.05, 3.63) is 69.4 Å². The van der Waals surface area contributed by atoms with Crippen LogP contribution in [0.2, 0.25) is 0 Å². The van der Waals surface area contributed by atoms with E-state index in [2.05, 4.69) is 10.3 Å². The van der Waals surface area contributed by atoms with Crippen LogP contribution in [0, 0.1) is 5.82 Å². The van der Waals surface area contributed by atoms with Crippen molar-refractivity contribution in [3.63, 3.8) is 0 Å². The Labute approximate surface area is 217 Å². The minimum Gasteiger partial charge on any atom is -0.870 e. The van der Waals surface area contributed by atoms with E-state index in [1.165, 1.54) is 44.2 Å². The standard InChI is InChI=1S/C23H25FN4O5.Na/c1-13(29)10-26-22(32)19-21(31)20-17(28(23(19)33)12-18(30)27(2)3)9-15(11-25-20)8-14-4-6-16(24)7-5-14;/h4-7,9,11,13,29,31H,8,10,12H2,1-3H3,(H,26,32);/q;+1/p-1/t13-;/m1./s1. The quantitative estimate of drug-likeness (QED) is 0.359. The van der Waals surface area contributed by atoms with Gasteiger partial charge in [-0.05, 0) is 42.7 Å². The first-order valence-corrected chi connectivity index (χ1v) is 10.2. The van der Waals surface area contributed by atoms with E-state index < -0.39 is 41.3 Å². The van der Waals surface area contributed by atoms with Crippen molar-refractivity contribution >= 4 is 22.8 Å². The minimum absolute atomic E-state index is 0. The Hall–Kier alpha value is -2.79. The second-order valence-electron chi connectivity index (χ2n) is 7.96. The van der Waals surface area contributed by atoms with Crippen molar-refractivity contribution in [3.8, 4) is 5.75 Å². The molecule has 0 saturated heterocycles. The fourth-order valence-electron chi connectivity index (χ4n) is 3.23. The minimum atomic E-state index is -0.948. The van der Waals surface area contributed by atoms with Crippen molar-refractivity contribution in [2.45, 2.75) is 26.0 Å². The predicted octanol–water partition coefficient (Wildman–Crippen LogP) is -2.60. The molecule has 0 unspecified atom stereocenters. The van der Waals surface area contributed by atoms with Crippen LogP contribution in [-0.2, 0) is 17.8 Å². The van der Waals surface area contributed by atoms with Gasteiger partial charge in [0.05, 0.1) is 22.7 Å². The normalized spacial score (nSPS) is 11.6. The molecule has 2 heterocycles. The van der Waals surface area contributed by atoms with Crippen molar-refractivity contribution in [1.29, 1.82) is 0 Å². The van der Waals surface area contributed by atoms with E-state index in [1.807, 2.05) is 0 Å². The maximum Gasteiger partial charge on any atom is 1.00 e. The van der Waals surface area contributed by atoms with Crippen LogP contribution in [0.25, 0.3) is 11.0 Å². The molecule has 0 radical (unpaired) electrons. The van der Waals surface area contributed by atoms with Gasteiger partial charge in [0.15, 0.2) is 0 Å². The number of likely N-dealkylation sites (N-methyl/N-ethyl adjacent to an activating group) is 1. The van der Waals surface area contributed by atoms with E-state index in [4.69, 9.17) is 0 Å². The van der Waals surface area contributed by atoms with Crippen molar-refractivity contribution < 1.29 is 53.7 Å². The third-order valence-electron chi connectivity index (χ3n) is 5.01. The number of hydrogen-bond donors (Lipinski definition) is 2. The van der Waals surface area contributed by atoms with Gasteiger partial charge in [-0.3, -0.25) is 23.9 Å². The number of nitrogens with one attached hydrogen (secondary N) is 1. The predicted molar refractivity (Wildman–Crippen MR) is 117 cm³/mol. The second-order valence-corrected chi connectivity index (χ2v) is 7.96. The van der Waals surface area contributed by atoms with Gasteiger partial charge in [-0.15, -0.1) is 0 Å². The fourth-order valence-corrected chi connectivity index (χ4v) is 3.23. The molecule has 0 saturated carbocycles. The summed E-state index contributed by atoms with van der Waals surface area (Å²) in [5.41, 5.74) is -0.198. The molecule has 0 aliphatic heterocycles. The summed E-state index contributed by atoms with van der Waals surface area (Å²) < 4.78 is 14.2. The first-order valence-electron chi connectivity index (χ1n) is 10.2. The number of pyridine rings is 2. The molecule has 3 aromatic rings. The van der Waals surface area contributed by atoms with Gasteiger partial charge in [-0.1, -0.05) is 17.9 Å². The van der Waals surface area contributed by atoms with E-state index in [0.29, 0.717) is 12.0 Å². The number of halogens is 1. The molecule has 2 N–H and O–H groups in total. The second kappa shape index (κ2) is 11.6. The number of rotatable bonds is 7. The van der Waals surface area contributed by atoms with Crippen LogP contribution in [0.1, 0.15) is 28.4 Å². The van der Waals surface area contributed by atoms with Crippen LogP contribution in [0.5, 0.6) is 5.75 Å². The third-order valence-corrected chi connectivity index (χ3v) is 5.01. The zero-order valence-electron chi connectivity index (χ0n) is 19.5. The first kappa shape index (κ1) is 27.5.